The van der Waals surface area contributed by atoms with Crippen LogP contribution < -0.4 is 5.32 Å². The molecule has 5 heteroatoms. The first kappa shape index (κ1) is 13.6. The standard InChI is InChI=1S/C15H19N3OS/c1-16-14-12-7-2-3-8-13(12)17-15(18-14)20-10-11-6-4-5-9-19-11/h2-3,7-8,11H,4-6,9-10H2,1H3,(H,16,17,18)/t11-/m0/s1. The fraction of sp³-hybridized carbons (Fsp3) is 0.467. The quantitative estimate of drug-likeness (QED) is 0.691. The van der Waals surface area contributed by atoms with E-state index in [1.54, 1.807) is 11.8 Å². The Balaban J connectivity index is 1.77. The Bertz CT molecular complexity index is 584. The maximum atomic E-state index is 5.75. The predicted octanol–water partition coefficient (Wildman–Crippen LogP) is 3.33. The number of fused-ring (bicyclic) bond motifs is 1. The van der Waals surface area contributed by atoms with Crippen LogP contribution in [-0.4, -0.2) is 35.5 Å². The van der Waals surface area contributed by atoms with Crippen molar-refractivity contribution < 1.29 is 4.74 Å². The van der Waals surface area contributed by atoms with Crippen LogP contribution in [-0.2, 0) is 4.74 Å². The first-order chi connectivity index (χ1) is 9.86. The number of anilines is 1. The zero-order valence-corrected chi connectivity index (χ0v) is 12.4. The van der Waals surface area contributed by atoms with E-state index in [0.29, 0.717) is 6.10 Å². The van der Waals surface area contributed by atoms with Gasteiger partial charge in [-0.25, -0.2) is 9.97 Å². The number of hydrogen-bond donors (Lipinski definition) is 1. The maximum absolute atomic E-state index is 5.75. The molecule has 3 rings (SSSR count). The Kier molecular flexibility index (Phi) is 4.38. The first-order valence-electron chi connectivity index (χ1n) is 7.06. The number of aromatic nitrogens is 2. The van der Waals surface area contributed by atoms with Gasteiger partial charge in [-0.05, 0) is 31.4 Å². The van der Waals surface area contributed by atoms with Gasteiger partial charge < -0.3 is 10.1 Å². The monoisotopic (exact) mass is 289 g/mol. The molecule has 1 saturated heterocycles. The number of thioether (sulfide) groups is 1. The lowest BCUT2D eigenvalue weighted by molar-refractivity contribution is 0.0315. The van der Waals surface area contributed by atoms with Crippen molar-refractivity contribution in [3.8, 4) is 0 Å². The van der Waals surface area contributed by atoms with E-state index in [9.17, 15) is 0 Å². The molecule has 2 heterocycles. The van der Waals surface area contributed by atoms with Crippen molar-refractivity contribution in [3.05, 3.63) is 24.3 Å². The summed E-state index contributed by atoms with van der Waals surface area (Å²) < 4.78 is 5.75. The number of para-hydroxylation sites is 1. The largest absolute Gasteiger partial charge is 0.377 e. The van der Waals surface area contributed by atoms with E-state index in [1.165, 1.54) is 12.8 Å². The third kappa shape index (κ3) is 3.04. The maximum Gasteiger partial charge on any atom is 0.190 e. The third-order valence-electron chi connectivity index (χ3n) is 3.49. The molecule has 20 heavy (non-hydrogen) atoms. The third-order valence-corrected chi connectivity index (χ3v) is 4.47. The molecule has 0 radical (unpaired) electrons. The minimum Gasteiger partial charge on any atom is -0.377 e. The van der Waals surface area contributed by atoms with Crippen LogP contribution in [0.15, 0.2) is 29.4 Å². The van der Waals surface area contributed by atoms with Crippen LogP contribution in [0.2, 0.25) is 0 Å². The Morgan fingerprint density at radius 3 is 3.00 bits per heavy atom. The van der Waals surface area contributed by atoms with Crippen molar-refractivity contribution in [2.75, 3.05) is 24.7 Å². The second-order valence-corrected chi connectivity index (χ2v) is 5.91. The average Bonchev–Trinajstić information content (AvgIpc) is 2.53. The molecule has 0 spiro atoms. The van der Waals surface area contributed by atoms with E-state index in [1.807, 2.05) is 31.3 Å². The summed E-state index contributed by atoms with van der Waals surface area (Å²) >= 11 is 1.68. The minimum absolute atomic E-state index is 0.349. The van der Waals surface area contributed by atoms with Crippen molar-refractivity contribution in [1.29, 1.82) is 0 Å². The van der Waals surface area contributed by atoms with Gasteiger partial charge in [0.25, 0.3) is 0 Å². The molecular formula is C15H19N3OS. The molecule has 1 N–H and O–H groups in total. The molecule has 1 atom stereocenters. The highest BCUT2D eigenvalue weighted by Crippen LogP contribution is 2.26. The molecule has 1 aliphatic heterocycles. The highest BCUT2D eigenvalue weighted by Gasteiger charge is 2.15. The van der Waals surface area contributed by atoms with Crippen LogP contribution in [0.3, 0.4) is 0 Å². The van der Waals surface area contributed by atoms with Crippen LogP contribution >= 0.6 is 11.8 Å². The summed E-state index contributed by atoms with van der Waals surface area (Å²) in [7, 11) is 1.90. The summed E-state index contributed by atoms with van der Waals surface area (Å²) in [6, 6.07) is 8.08. The van der Waals surface area contributed by atoms with E-state index in [-0.39, 0.29) is 0 Å². The number of benzene rings is 1. The Morgan fingerprint density at radius 2 is 2.20 bits per heavy atom. The number of ether oxygens (including phenoxy) is 1. The molecule has 0 amide bonds. The molecule has 1 aliphatic rings. The Hall–Kier alpha value is -1.33. The van der Waals surface area contributed by atoms with E-state index < -0.39 is 0 Å². The summed E-state index contributed by atoms with van der Waals surface area (Å²) in [5, 5.41) is 5.04. The van der Waals surface area contributed by atoms with E-state index in [4.69, 9.17) is 4.74 Å². The minimum atomic E-state index is 0.349. The molecule has 106 valence electrons. The molecule has 2 aromatic rings. The zero-order valence-electron chi connectivity index (χ0n) is 11.6. The molecule has 4 nitrogen and oxygen atoms in total. The van der Waals surface area contributed by atoms with Gasteiger partial charge in [-0.3, -0.25) is 0 Å². The zero-order chi connectivity index (χ0) is 13.8. The summed E-state index contributed by atoms with van der Waals surface area (Å²) in [5.41, 5.74) is 0.985. The van der Waals surface area contributed by atoms with Gasteiger partial charge in [0.15, 0.2) is 5.16 Å². The molecule has 0 unspecified atom stereocenters. The van der Waals surface area contributed by atoms with Crippen LogP contribution in [0.1, 0.15) is 19.3 Å². The van der Waals surface area contributed by atoms with Crippen LogP contribution in [0.4, 0.5) is 5.82 Å². The SMILES string of the molecule is CNc1nc(SC[C@@H]2CCCCO2)nc2ccccc12. The number of rotatable bonds is 4. The van der Waals surface area contributed by atoms with Gasteiger partial charge in [-0.15, -0.1) is 0 Å². The van der Waals surface area contributed by atoms with Gasteiger partial charge in [0.05, 0.1) is 11.6 Å². The summed E-state index contributed by atoms with van der Waals surface area (Å²) in [5.74, 6) is 1.82. The predicted molar refractivity (Wildman–Crippen MR) is 83.4 cm³/mol. The normalized spacial score (nSPS) is 19.1. The van der Waals surface area contributed by atoms with Crippen molar-refractivity contribution in [1.82, 2.24) is 9.97 Å². The van der Waals surface area contributed by atoms with Gasteiger partial charge >= 0.3 is 0 Å². The number of nitrogens with one attached hydrogen (secondary N) is 1. The highest BCUT2D eigenvalue weighted by atomic mass is 32.2. The van der Waals surface area contributed by atoms with Gasteiger partial charge in [0.2, 0.25) is 0 Å². The second-order valence-electron chi connectivity index (χ2n) is 4.92. The molecule has 0 bridgehead atoms. The van der Waals surface area contributed by atoms with E-state index in [2.05, 4.69) is 15.3 Å². The molecule has 0 saturated carbocycles. The molecular weight excluding hydrogens is 270 g/mol. The fourth-order valence-electron chi connectivity index (χ4n) is 2.42. The number of hydrogen-bond acceptors (Lipinski definition) is 5. The van der Waals surface area contributed by atoms with Crippen molar-refractivity contribution in [2.24, 2.45) is 0 Å². The lowest BCUT2D eigenvalue weighted by Crippen LogP contribution is -2.21. The summed E-state index contributed by atoms with van der Waals surface area (Å²) in [6.45, 7) is 0.894. The average molecular weight is 289 g/mol. The summed E-state index contributed by atoms with van der Waals surface area (Å²) in [4.78, 5) is 9.21. The molecule has 1 fully saturated rings. The topological polar surface area (TPSA) is 47.0 Å². The van der Waals surface area contributed by atoms with Crippen LogP contribution in [0.25, 0.3) is 10.9 Å². The molecule has 1 aromatic carbocycles. The van der Waals surface area contributed by atoms with Crippen LogP contribution in [0, 0.1) is 0 Å². The molecule has 0 aliphatic carbocycles. The highest BCUT2D eigenvalue weighted by molar-refractivity contribution is 7.99. The van der Waals surface area contributed by atoms with E-state index >= 15 is 0 Å². The molecule has 1 aromatic heterocycles. The van der Waals surface area contributed by atoms with Gasteiger partial charge in [0, 0.05) is 24.8 Å². The first-order valence-corrected chi connectivity index (χ1v) is 8.04. The van der Waals surface area contributed by atoms with E-state index in [0.717, 1.165) is 40.7 Å². The van der Waals surface area contributed by atoms with Crippen LogP contribution in [0.5, 0.6) is 0 Å². The summed E-state index contributed by atoms with van der Waals surface area (Å²) in [6.07, 6.45) is 3.96. The Morgan fingerprint density at radius 1 is 1.30 bits per heavy atom. The lowest BCUT2D eigenvalue weighted by Gasteiger charge is -2.21. The van der Waals surface area contributed by atoms with Crippen molar-refractivity contribution in [3.63, 3.8) is 0 Å². The second kappa shape index (κ2) is 6.41. The van der Waals surface area contributed by atoms with Gasteiger partial charge in [-0.2, -0.15) is 0 Å². The van der Waals surface area contributed by atoms with Gasteiger partial charge in [0.1, 0.15) is 5.82 Å². The van der Waals surface area contributed by atoms with Crippen molar-refractivity contribution >= 4 is 28.5 Å². The van der Waals surface area contributed by atoms with Crippen molar-refractivity contribution in [2.45, 2.75) is 30.5 Å². The van der Waals surface area contributed by atoms with Gasteiger partial charge in [-0.1, -0.05) is 23.9 Å². The lowest BCUT2D eigenvalue weighted by atomic mass is 10.1. The Labute approximate surface area is 123 Å². The number of nitrogens with zero attached hydrogens (tertiary/aromatic N) is 2. The fourth-order valence-corrected chi connectivity index (χ4v) is 3.33. The smallest absolute Gasteiger partial charge is 0.190 e.